The number of alkyl halides is 3. The van der Waals surface area contributed by atoms with Crippen LogP contribution >= 0.6 is 0 Å². The van der Waals surface area contributed by atoms with Crippen molar-refractivity contribution in [2.24, 2.45) is 0 Å². The Morgan fingerprint density at radius 2 is 2.05 bits per heavy atom. The molecule has 0 aliphatic heterocycles. The van der Waals surface area contributed by atoms with Crippen LogP contribution in [0.1, 0.15) is 11.3 Å². The van der Waals surface area contributed by atoms with Gasteiger partial charge in [0.2, 0.25) is 0 Å². The summed E-state index contributed by atoms with van der Waals surface area (Å²) in [6.45, 7) is 1.30. The van der Waals surface area contributed by atoms with Crippen LogP contribution in [0.25, 0.3) is 10.9 Å². The van der Waals surface area contributed by atoms with Crippen LogP contribution in [0, 0.1) is 6.92 Å². The number of nitrogens with one attached hydrogen (secondary N) is 1. The number of anilines is 1. The van der Waals surface area contributed by atoms with E-state index >= 15 is 0 Å². The van der Waals surface area contributed by atoms with Gasteiger partial charge in [-0.25, -0.2) is 0 Å². The Kier molecular flexibility index (Phi) is 3.52. The van der Waals surface area contributed by atoms with Crippen molar-refractivity contribution in [3.05, 3.63) is 35.5 Å². The van der Waals surface area contributed by atoms with E-state index in [1.807, 2.05) is 0 Å². The van der Waals surface area contributed by atoms with Gasteiger partial charge in [-0.05, 0) is 31.2 Å². The van der Waals surface area contributed by atoms with Gasteiger partial charge in [0.1, 0.15) is 6.54 Å². The maximum atomic E-state index is 12.7. The summed E-state index contributed by atoms with van der Waals surface area (Å²) >= 11 is 0. The van der Waals surface area contributed by atoms with E-state index in [-0.39, 0.29) is 11.9 Å². The average molecular weight is 284 g/mol. The highest BCUT2D eigenvalue weighted by Crippen LogP contribution is 2.33. The van der Waals surface area contributed by atoms with Crippen LogP contribution in [0.15, 0.2) is 24.3 Å². The van der Waals surface area contributed by atoms with Crippen molar-refractivity contribution in [2.75, 3.05) is 11.9 Å². The lowest BCUT2D eigenvalue weighted by atomic mass is 10.1. The van der Waals surface area contributed by atoms with Gasteiger partial charge in [-0.15, -0.1) is 0 Å². The molecule has 2 N–H and O–H groups in total. The fourth-order valence-corrected chi connectivity index (χ4v) is 1.85. The molecular formula is C13H11F3N2O2. The minimum atomic E-state index is -4.46. The molecular weight excluding hydrogens is 273 g/mol. The predicted molar refractivity (Wildman–Crippen MR) is 67.6 cm³/mol. The number of aromatic nitrogens is 1. The second-order valence-electron chi connectivity index (χ2n) is 4.29. The highest BCUT2D eigenvalue weighted by molar-refractivity contribution is 5.93. The topological polar surface area (TPSA) is 62.2 Å². The summed E-state index contributed by atoms with van der Waals surface area (Å²) < 4.78 is 38.1. The number of fused-ring (bicyclic) bond motifs is 1. The third kappa shape index (κ3) is 2.98. The average Bonchev–Trinajstić information content (AvgIpc) is 2.33. The van der Waals surface area contributed by atoms with Gasteiger partial charge in [-0.3, -0.25) is 9.78 Å². The van der Waals surface area contributed by atoms with Crippen LogP contribution in [0.3, 0.4) is 0 Å². The van der Waals surface area contributed by atoms with E-state index < -0.39 is 17.7 Å². The number of aryl methyl sites for hydroxylation is 1. The molecule has 0 atom stereocenters. The molecule has 0 radical (unpaired) electrons. The fraction of sp³-hybridized carbons (Fsp3) is 0.231. The molecule has 0 saturated heterocycles. The minimum Gasteiger partial charge on any atom is -0.480 e. The van der Waals surface area contributed by atoms with Crippen molar-refractivity contribution >= 4 is 22.6 Å². The zero-order chi connectivity index (χ0) is 14.9. The normalized spacial score (nSPS) is 11.6. The number of benzene rings is 1. The van der Waals surface area contributed by atoms with E-state index in [0.29, 0.717) is 16.9 Å². The van der Waals surface area contributed by atoms with Gasteiger partial charge in [-0.1, -0.05) is 0 Å². The Hall–Kier alpha value is -2.31. The Bertz CT molecular complexity index is 668. The molecule has 0 unspecified atom stereocenters. The SMILES string of the molecule is Cc1cc(NCC(=O)O)c2cc(C(F)(F)F)ccc2n1. The van der Waals surface area contributed by atoms with Crippen molar-refractivity contribution in [1.29, 1.82) is 0 Å². The number of carboxylic acid groups (broad SMARTS) is 1. The number of aliphatic carboxylic acids is 1. The molecule has 0 aliphatic rings. The highest BCUT2D eigenvalue weighted by Gasteiger charge is 2.30. The fourth-order valence-electron chi connectivity index (χ4n) is 1.85. The maximum Gasteiger partial charge on any atom is 0.416 e. The second kappa shape index (κ2) is 4.99. The summed E-state index contributed by atoms with van der Waals surface area (Å²) in [5.74, 6) is -1.10. The summed E-state index contributed by atoms with van der Waals surface area (Å²) in [7, 11) is 0. The van der Waals surface area contributed by atoms with E-state index in [2.05, 4.69) is 10.3 Å². The highest BCUT2D eigenvalue weighted by atomic mass is 19.4. The quantitative estimate of drug-likeness (QED) is 0.909. The first-order valence-corrected chi connectivity index (χ1v) is 5.71. The maximum absolute atomic E-state index is 12.7. The number of pyridine rings is 1. The number of carboxylic acids is 1. The van der Waals surface area contributed by atoms with E-state index in [4.69, 9.17) is 5.11 Å². The van der Waals surface area contributed by atoms with Gasteiger partial charge in [-0.2, -0.15) is 13.2 Å². The van der Waals surface area contributed by atoms with Gasteiger partial charge in [0.15, 0.2) is 0 Å². The molecule has 1 aromatic heterocycles. The molecule has 7 heteroatoms. The zero-order valence-electron chi connectivity index (χ0n) is 10.5. The predicted octanol–water partition coefficient (Wildman–Crippen LogP) is 3.06. The van der Waals surface area contributed by atoms with Crippen molar-refractivity contribution in [2.45, 2.75) is 13.1 Å². The first-order valence-electron chi connectivity index (χ1n) is 5.71. The minimum absolute atomic E-state index is 0.242. The van der Waals surface area contributed by atoms with E-state index in [9.17, 15) is 18.0 Å². The number of nitrogens with zero attached hydrogens (tertiary/aromatic N) is 1. The van der Waals surface area contributed by atoms with Crippen LogP contribution in [0.5, 0.6) is 0 Å². The number of rotatable bonds is 3. The van der Waals surface area contributed by atoms with Gasteiger partial charge < -0.3 is 10.4 Å². The summed E-state index contributed by atoms with van der Waals surface area (Å²) in [6, 6.07) is 4.71. The van der Waals surface area contributed by atoms with Crippen molar-refractivity contribution in [3.63, 3.8) is 0 Å². The first kappa shape index (κ1) is 14.1. The van der Waals surface area contributed by atoms with Crippen LogP contribution in [-0.4, -0.2) is 22.6 Å². The second-order valence-corrected chi connectivity index (χ2v) is 4.29. The zero-order valence-corrected chi connectivity index (χ0v) is 10.5. The third-order valence-corrected chi connectivity index (χ3v) is 2.69. The lowest BCUT2D eigenvalue weighted by Gasteiger charge is -2.12. The summed E-state index contributed by atoms with van der Waals surface area (Å²) in [5.41, 5.74) is 0.492. The van der Waals surface area contributed by atoms with Crippen molar-refractivity contribution < 1.29 is 23.1 Å². The molecule has 0 fully saturated rings. The molecule has 106 valence electrons. The van der Waals surface area contributed by atoms with E-state index in [1.54, 1.807) is 6.92 Å². The first-order chi connectivity index (χ1) is 9.27. The van der Waals surface area contributed by atoms with E-state index in [1.165, 1.54) is 12.1 Å². The van der Waals surface area contributed by atoms with Crippen molar-refractivity contribution in [3.8, 4) is 0 Å². The molecule has 0 amide bonds. The monoisotopic (exact) mass is 284 g/mol. The van der Waals surface area contributed by atoms with Crippen LogP contribution in [0.2, 0.25) is 0 Å². The number of hydrogen-bond acceptors (Lipinski definition) is 3. The van der Waals surface area contributed by atoms with Gasteiger partial charge in [0.25, 0.3) is 0 Å². The molecule has 4 nitrogen and oxygen atoms in total. The van der Waals surface area contributed by atoms with Gasteiger partial charge in [0, 0.05) is 16.8 Å². The lowest BCUT2D eigenvalue weighted by Crippen LogP contribution is -2.13. The Morgan fingerprint density at radius 3 is 2.65 bits per heavy atom. The summed E-state index contributed by atoms with van der Waals surface area (Å²) in [4.78, 5) is 14.7. The molecule has 0 bridgehead atoms. The summed E-state index contributed by atoms with van der Waals surface area (Å²) in [5, 5.41) is 11.5. The lowest BCUT2D eigenvalue weighted by molar-refractivity contribution is -0.137. The van der Waals surface area contributed by atoms with Crippen LogP contribution in [-0.2, 0) is 11.0 Å². The molecule has 1 heterocycles. The smallest absolute Gasteiger partial charge is 0.416 e. The Morgan fingerprint density at radius 1 is 1.35 bits per heavy atom. The summed E-state index contributed by atoms with van der Waals surface area (Å²) in [6.07, 6.45) is -4.46. The molecule has 0 aliphatic carbocycles. The molecule has 0 saturated carbocycles. The largest absolute Gasteiger partial charge is 0.480 e. The molecule has 1 aromatic carbocycles. The Labute approximate surface area is 112 Å². The number of carbonyl (C=O) groups is 1. The number of halogens is 3. The van der Waals surface area contributed by atoms with E-state index in [0.717, 1.165) is 12.1 Å². The molecule has 0 spiro atoms. The molecule has 2 aromatic rings. The third-order valence-electron chi connectivity index (χ3n) is 2.69. The van der Waals surface area contributed by atoms with Gasteiger partial charge >= 0.3 is 12.1 Å². The number of hydrogen-bond donors (Lipinski definition) is 2. The van der Waals surface area contributed by atoms with Crippen LogP contribution < -0.4 is 5.32 Å². The molecule has 2 rings (SSSR count). The Balaban J connectivity index is 2.56. The molecule has 20 heavy (non-hydrogen) atoms. The van der Waals surface area contributed by atoms with Crippen molar-refractivity contribution in [1.82, 2.24) is 4.98 Å². The van der Waals surface area contributed by atoms with Crippen LogP contribution in [0.4, 0.5) is 18.9 Å². The standard InChI is InChI=1S/C13H11F3N2O2/c1-7-4-11(17-6-12(19)20)9-5-8(13(14,15)16)2-3-10(9)18-7/h2-5H,6H2,1H3,(H,17,18)(H,19,20). The van der Waals surface area contributed by atoms with Gasteiger partial charge in [0.05, 0.1) is 11.1 Å².